The normalized spacial score (nSPS) is 17.4. The Morgan fingerprint density at radius 2 is 1.49 bits per heavy atom. The van der Waals surface area contributed by atoms with Crippen molar-refractivity contribution in [2.75, 3.05) is 35.2 Å². The summed E-state index contributed by atoms with van der Waals surface area (Å²) in [6, 6.07) is 27.4. The Balaban J connectivity index is 1.16. The van der Waals surface area contributed by atoms with E-state index in [1.807, 2.05) is 59.8 Å². The fraction of sp³-hybridized carbons (Fsp3) is 0.349. The minimum Gasteiger partial charge on any atom is -0.593 e. The van der Waals surface area contributed by atoms with E-state index < -0.39 is 17.3 Å². The van der Waals surface area contributed by atoms with Crippen molar-refractivity contribution >= 4 is 98.2 Å². The molecule has 14 heteroatoms. The summed E-state index contributed by atoms with van der Waals surface area (Å²) in [5.41, 5.74) is 5.18. The molecule has 2 N–H and O–H groups in total. The van der Waals surface area contributed by atoms with Crippen LogP contribution in [0.3, 0.4) is 0 Å². The number of piperidine rings is 1. The molecule has 0 radical (unpaired) electrons. The van der Waals surface area contributed by atoms with Crippen molar-refractivity contribution in [3.63, 3.8) is 0 Å². The van der Waals surface area contributed by atoms with Gasteiger partial charge in [-0.25, -0.2) is 4.79 Å². The minimum atomic E-state index is -1.53. The first-order valence-corrected chi connectivity index (χ1v) is 22.2. The molecule has 1 saturated heterocycles. The molecule has 0 aromatic heterocycles. The smallest absolute Gasteiger partial charge is 0.347 e. The topological polar surface area (TPSA) is 140 Å². The van der Waals surface area contributed by atoms with Crippen LogP contribution in [-0.4, -0.2) is 58.3 Å². The molecule has 1 unspecified atom stereocenters. The SMILES string of the molecule is CCN(C1CCC(C(=O)OI)CC1)[S+]([O-])c1cccc(C(=O)Nc2ccc(N3CCCCC3)cc2C(=O)Nc2cccc(CCc3ccc(C(=O)OI)cc3)c2)c1. The summed E-state index contributed by atoms with van der Waals surface area (Å²) in [5.74, 6) is -1.50. The van der Waals surface area contributed by atoms with E-state index in [0.717, 1.165) is 68.4 Å². The van der Waals surface area contributed by atoms with Gasteiger partial charge in [-0.05, 0) is 130 Å². The molecule has 57 heavy (non-hydrogen) atoms. The lowest BCUT2D eigenvalue weighted by atomic mass is 9.86. The molecule has 1 aliphatic heterocycles. The van der Waals surface area contributed by atoms with Crippen LogP contribution in [0.15, 0.2) is 95.9 Å². The molecule has 300 valence electrons. The molecule has 1 saturated carbocycles. The van der Waals surface area contributed by atoms with Crippen molar-refractivity contribution in [1.29, 1.82) is 0 Å². The number of hydrogen-bond donors (Lipinski definition) is 2. The van der Waals surface area contributed by atoms with Crippen molar-refractivity contribution in [3.8, 4) is 0 Å². The van der Waals surface area contributed by atoms with Crippen LogP contribution in [0.25, 0.3) is 0 Å². The molecule has 11 nitrogen and oxygen atoms in total. The number of amides is 2. The van der Waals surface area contributed by atoms with E-state index in [0.29, 0.717) is 52.3 Å². The Kier molecular flexibility index (Phi) is 15.7. The molecule has 1 aliphatic carbocycles. The van der Waals surface area contributed by atoms with Gasteiger partial charge in [-0.15, -0.1) is 4.31 Å². The number of carbonyl (C=O) groups excluding carboxylic acids is 4. The summed E-state index contributed by atoms with van der Waals surface area (Å²) in [4.78, 5) is 54.6. The van der Waals surface area contributed by atoms with Crippen LogP contribution in [-0.2, 0) is 35.1 Å². The number of halogens is 2. The Bertz CT molecular complexity index is 2040. The third kappa shape index (κ3) is 11.3. The fourth-order valence-electron chi connectivity index (χ4n) is 7.57. The second-order valence-corrected chi connectivity index (χ2v) is 16.7. The maximum Gasteiger partial charge on any atom is 0.347 e. The first-order chi connectivity index (χ1) is 27.7. The molecule has 4 aromatic carbocycles. The van der Waals surface area contributed by atoms with Crippen LogP contribution in [0.1, 0.15) is 94.1 Å². The molecule has 0 bridgehead atoms. The number of nitrogens with one attached hydrogen (secondary N) is 2. The van der Waals surface area contributed by atoms with Gasteiger partial charge in [0.15, 0.2) is 50.9 Å². The number of nitrogens with zero attached hydrogens (tertiary/aromatic N) is 2. The molecule has 2 fully saturated rings. The van der Waals surface area contributed by atoms with Crippen molar-refractivity contribution in [2.45, 2.75) is 75.6 Å². The lowest BCUT2D eigenvalue weighted by molar-refractivity contribution is -0.137. The molecular weight excluding hydrogens is 970 g/mol. The largest absolute Gasteiger partial charge is 0.593 e. The predicted molar refractivity (Wildman–Crippen MR) is 239 cm³/mol. The minimum absolute atomic E-state index is 0.0400. The Labute approximate surface area is 365 Å². The lowest BCUT2D eigenvalue weighted by Gasteiger charge is -2.34. The quantitative estimate of drug-likeness (QED) is 0.0935. The highest BCUT2D eigenvalue weighted by Crippen LogP contribution is 2.33. The highest BCUT2D eigenvalue weighted by Gasteiger charge is 2.35. The summed E-state index contributed by atoms with van der Waals surface area (Å²) < 4.78 is 25.5. The van der Waals surface area contributed by atoms with Gasteiger partial charge in [0.1, 0.15) is 0 Å². The zero-order chi connectivity index (χ0) is 40.3. The molecular formula is C43H46I2N4O7S. The highest BCUT2D eigenvalue weighted by atomic mass is 127. The van der Waals surface area contributed by atoms with Gasteiger partial charge in [0, 0.05) is 42.6 Å². The van der Waals surface area contributed by atoms with Crippen LogP contribution >= 0.6 is 46.0 Å². The predicted octanol–water partition coefficient (Wildman–Crippen LogP) is 9.27. The van der Waals surface area contributed by atoms with Gasteiger partial charge in [-0.2, -0.15) is 0 Å². The zero-order valence-electron chi connectivity index (χ0n) is 31.7. The van der Waals surface area contributed by atoms with E-state index in [1.54, 1.807) is 88.5 Å². The standard InChI is InChI=1S/C43H46I2N4O7S/c1-2-49(35-20-18-32(19-21-35)43(53)56-45)57(54)37-11-7-9-33(27-37)40(50)47-39-23-22-36(48-24-4-3-5-25-48)28-38(39)41(51)46-34-10-6-8-30(26-34)13-12-29-14-16-31(17-15-29)42(52)55-44/h6-11,14-17,22-23,26-28,32,35H,2-5,12-13,18-21,24-25H2,1H3,(H,46,51)(H,47,50). The molecule has 1 atom stereocenters. The van der Waals surface area contributed by atoms with Gasteiger partial charge < -0.3 is 26.2 Å². The molecule has 2 amide bonds. The summed E-state index contributed by atoms with van der Waals surface area (Å²) >= 11 is 1.68. The number of hydrogen-bond acceptors (Lipinski definition) is 9. The van der Waals surface area contributed by atoms with Crippen LogP contribution in [0.2, 0.25) is 0 Å². The maximum atomic E-state index is 14.1. The number of carbonyl (C=O) groups is 4. The number of benzene rings is 4. The molecule has 1 heterocycles. The first kappa shape index (κ1) is 42.9. The van der Waals surface area contributed by atoms with E-state index in [1.165, 1.54) is 6.42 Å². The molecule has 4 aromatic rings. The average Bonchev–Trinajstić information content (AvgIpc) is 3.26. The van der Waals surface area contributed by atoms with E-state index in [-0.39, 0.29) is 29.8 Å². The number of aryl methyl sites for hydroxylation is 2. The zero-order valence-corrected chi connectivity index (χ0v) is 36.8. The molecule has 0 spiro atoms. The van der Waals surface area contributed by atoms with Gasteiger partial charge >= 0.3 is 11.9 Å². The van der Waals surface area contributed by atoms with Crippen LogP contribution < -0.4 is 15.5 Å². The van der Waals surface area contributed by atoms with Gasteiger partial charge in [-0.1, -0.05) is 30.3 Å². The van der Waals surface area contributed by atoms with Crippen molar-refractivity contribution < 1.29 is 29.9 Å². The second-order valence-electron chi connectivity index (χ2n) is 14.4. The van der Waals surface area contributed by atoms with Crippen LogP contribution in [0, 0.1) is 5.92 Å². The van der Waals surface area contributed by atoms with Gasteiger partial charge in [0.05, 0.1) is 40.1 Å². The summed E-state index contributed by atoms with van der Waals surface area (Å²) in [6.07, 6.45) is 7.59. The van der Waals surface area contributed by atoms with Crippen molar-refractivity contribution in [1.82, 2.24) is 4.31 Å². The van der Waals surface area contributed by atoms with Gasteiger partial charge in [0.25, 0.3) is 11.8 Å². The summed E-state index contributed by atoms with van der Waals surface area (Å²) in [5, 5.41) is 6.04. The highest BCUT2D eigenvalue weighted by molar-refractivity contribution is 14.1. The molecule has 2 aliphatic rings. The third-order valence-corrected chi connectivity index (χ3v) is 13.2. The van der Waals surface area contributed by atoms with E-state index in [4.69, 9.17) is 6.13 Å². The number of rotatable bonds is 14. The maximum absolute atomic E-state index is 14.1. The number of anilines is 3. The first-order valence-electron chi connectivity index (χ1n) is 19.3. The summed E-state index contributed by atoms with van der Waals surface area (Å²) in [6.45, 7) is 4.30. The lowest BCUT2D eigenvalue weighted by Crippen LogP contribution is -2.43. The second kappa shape index (κ2) is 20.8. The van der Waals surface area contributed by atoms with Crippen LogP contribution in [0.4, 0.5) is 17.1 Å². The Morgan fingerprint density at radius 1 is 0.772 bits per heavy atom. The van der Waals surface area contributed by atoms with Gasteiger partial charge in [0.2, 0.25) is 0 Å². The van der Waals surface area contributed by atoms with E-state index >= 15 is 0 Å². The van der Waals surface area contributed by atoms with Crippen LogP contribution in [0.5, 0.6) is 0 Å². The molecule has 6 rings (SSSR count). The van der Waals surface area contributed by atoms with E-state index in [9.17, 15) is 23.7 Å². The van der Waals surface area contributed by atoms with Crippen molar-refractivity contribution in [2.24, 2.45) is 5.92 Å². The van der Waals surface area contributed by atoms with E-state index in [2.05, 4.69) is 15.5 Å². The Hall–Kier alpha value is -3.71. The summed E-state index contributed by atoms with van der Waals surface area (Å²) in [7, 11) is 0. The Morgan fingerprint density at radius 3 is 2.19 bits per heavy atom. The average molecular weight is 1020 g/mol. The van der Waals surface area contributed by atoms with Gasteiger partial charge in [-0.3, -0.25) is 14.4 Å². The fourth-order valence-corrected chi connectivity index (χ4v) is 9.59. The third-order valence-electron chi connectivity index (χ3n) is 10.7. The monoisotopic (exact) mass is 1020 g/mol. The van der Waals surface area contributed by atoms with Crippen molar-refractivity contribution in [3.05, 3.63) is 119 Å².